The van der Waals surface area contributed by atoms with Crippen LogP contribution in [0.15, 0.2) is 24.3 Å². The Morgan fingerprint density at radius 2 is 2.13 bits per heavy atom. The van der Waals surface area contributed by atoms with Crippen molar-refractivity contribution in [3.63, 3.8) is 0 Å². The first-order valence-electron chi connectivity index (χ1n) is 4.93. The normalized spacial score (nSPS) is 27.4. The zero-order valence-electron chi connectivity index (χ0n) is 8.70. The molecule has 3 heteroatoms. The van der Waals surface area contributed by atoms with Crippen molar-refractivity contribution in [2.24, 2.45) is 11.3 Å². The summed E-state index contributed by atoms with van der Waals surface area (Å²) in [5.74, 6) is -0.908. The largest absolute Gasteiger partial charge is 0.481 e. The Hall–Kier alpha value is -1.02. The molecule has 0 amide bonds. The second-order valence-corrected chi connectivity index (χ2v) is 5.11. The van der Waals surface area contributed by atoms with Gasteiger partial charge in [0.05, 0.1) is 5.92 Å². The van der Waals surface area contributed by atoms with E-state index < -0.39 is 5.97 Å². The Kier molecular flexibility index (Phi) is 2.27. The summed E-state index contributed by atoms with van der Waals surface area (Å²) in [5, 5.41) is 9.72. The van der Waals surface area contributed by atoms with Crippen molar-refractivity contribution in [2.45, 2.75) is 19.8 Å². The van der Waals surface area contributed by atoms with Gasteiger partial charge in [-0.3, -0.25) is 4.79 Å². The molecule has 1 aliphatic rings. The molecule has 1 fully saturated rings. The molecule has 2 nitrogen and oxygen atoms in total. The summed E-state index contributed by atoms with van der Waals surface area (Å²) in [7, 11) is 0. The number of aliphatic carboxylic acids is 1. The number of rotatable bonds is 2. The Balaban J connectivity index is 2.31. The molecule has 0 saturated heterocycles. The van der Waals surface area contributed by atoms with Crippen molar-refractivity contribution >= 4 is 17.6 Å². The molecule has 80 valence electrons. The van der Waals surface area contributed by atoms with Gasteiger partial charge in [0.1, 0.15) is 0 Å². The highest BCUT2D eigenvalue weighted by molar-refractivity contribution is 6.30. The molecule has 2 unspecified atom stereocenters. The minimum atomic E-state index is -0.718. The fourth-order valence-electron chi connectivity index (χ4n) is 2.42. The van der Waals surface area contributed by atoms with E-state index >= 15 is 0 Å². The minimum Gasteiger partial charge on any atom is -0.481 e. The van der Waals surface area contributed by atoms with E-state index in [4.69, 9.17) is 16.7 Å². The van der Waals surface area contributed by atoms with Crippen molar-refractivity contribution < 1.29 is 9.90 Å². The maximum absolute atomic E-state index is 11.0. The molecule has 0 radical (unpaired) electrons. The summed E-state index contributed by atoms with van der Waals surface area (Å²) in [6.07, 6.45) is 0. The van der Waals surface area contributed by atoms with Crippen LogP contribution in [0.25, 0.3) is 0 Å². The van der Waals surface area contributed by atoms with Crippen LogP contribution in [-0.2, 0) is 4.79 Å². The van der Waals surface area contributed by atoms with Gasteiger partial charge in [-0.1, -0.05) is 37.6 Å². The molecule has 1 saturated carbocycles. The maximum atomic E-state index is 11.0. The first-order chi connectivity index (χ1) is 6.94. The third kappa shape index (κ3) is 1.63. The molecule has 2 rings (SSSR count). The molecule has 0 spiro atoms. The molecule has 1 aromatic rings. The first-order valence-corrected chi connectivity index (χ1v) is 5.30. The van der Waals surface area contributed by atoms with Crippen LogP contribution in [0.1, 0.15) is 25.3 Å². The standard InChI is InChI=1S/C12H13ClO2/c1-12(2)9(10(12)11(14)15)7-4-3-5-8(13)6-7/h3-6,9-10H,1-2H3,(H,14,15). The molecule has 1 aliphatic carbocycles. The van der Waals surface area contributed by atoms with Crippen molar-refractivity contribution in [2.75, 3.05) is 0 Å². The number of carboxylic acid groups (broad SMARTS) is 1. The summed E-state index contributed by atoms with van der Waals surface area (Å²) in [5.41, 5.74) is 0.871. The molecule has 0 heterocycles. The third-order valence-electron chi connectivity index (χ3n) is 3.30. The molecule has 15 heavy (non-hydrogen) atoms. The maximum Gasteiger partial charge on any atom is 0.307 e. The molecule has 0 bridgehead atoms. The van der Waals surface area contributed by atoms with Crippen LogP contribution in [0.3, 0.4) is 0 Å². The molecule has 0 aromatic heterocycles. The fourth-order valence-corrected chi connectivity index (χ4v) is 2.62. The highest BCUT2D eigenvalue weighted by Crippen LogP contribution is 2.64. The number of hydrogen-bond donors (Lipinski definition) is 1. The van der Waals surface area contributed by atoms with Gasteiger partial charge in [-0.15, -0.1) is 0 Å². The molecule has 1 aromatic carbocycles. The van der Waals surface area contributed by atoms with Gasteiger partial charge in [0, 0.05) is 10.9 Å². The highest BCUT2D eigenvalue weighted by Gasteiger charge is 2.62. The van der Waals surface area contributed by atoms with Crippen LogP contribution >= 0.6 is 11.6 Å². The van der Waals surface area contributed by atoms with Gasteiger partial charge >= 0.3 is 5.97 Å². The number of benzene rings is 1. The van der Waals surface area contributed by atoms with Crippen LogP contribution in [0.4, 0.5) is 0 Å². The van der Waals surface area contributed by atoms with Crippen LogP contribution < -0.4 is 0 Å². The van der Waals surface area contributed by atoms with Gasteiger partial charge in [-0.2, -0.15) is 0 Å². The van der Waals surface area contributed by atoms with Gasteiger partial charge in [0.2, 0.25) is 0 Å². The number of halogens is 1. The second kappa shape index (κ2) is 3.24. The van der Waals surface area contributed by atoms with E-state index in [0.717, 1.165) is 5.56 Å². The number of carbonyl (C=O) groups is 1. The molecular weight excluding hydrogens is 212 g/mol. The Morgan fingerprint density at radius 1 is 1.47 bits per heavy atom. The van der Waals surface area contributed by atoms with Crippen LogP contribution in [0, 0.1) is 11.3 Å². The Labute approximate surface area is 93.9 Å². The predicted molar refractivity (Wildman–Crippen MR) is 59.1 cm³/mol. The lowest BCUT2D eigenvalue weighted by Crippen LogP contribution is -2.03. The highest BCUT2D eigenvalue weighted by atomic mass is 35.5. The van der Waals surface area contributed by atoms with Crippen LogP contribution in [0.5, 0.6) is 0 Å². The first kappa shape index (κ1) is 10.5. The summed E-state index contributed by atoms with van der Waals surface area (Å²) in [6, 6.07) is 7.47. The van der Waals surface area contributed by atoms with Crippen LogP contribution in [-0.4, -0.2) is 11.1 Å². The van der Waals surface area contributed by atoms with Gasteiger partial charge in [0.25, 0.3) is 0 Å². The molecule has 0 aliphatic heterocycles. The van der Waals surface area contributed by atoms with E-state index in [1.807, 2.05) is 32.0 Å². The van der Waals surface area contributed by atoms with Crippen molar-refractivity contribution in [3.05, 3.63) is 34.9 Å². The molecule has 2 atom stereocenters. The molecular formula is C12H13ClO2. The average molecular weight is 225 g/mol. The summed E-state index contributed by atoms with van der Waals surface area (Å²) in [6.45, 7) is 3.97. The third-order valence-corrected chi connectivity index (χ3v) is 3.54. The quantitative estimate of drug-likeness (QED) is 0.838. The van der Waals surface area contributed by atoms with Crippen molar-refractivity contribution in [3.8, 4) is 0 Å². The van der Waals surface area contributed by atoms with Gasteiger partial charge in [-0.05, 0) is 23.1 Å². The number of hydrogen-bond acceptors (Lipinski definition) is 1. The lowest BCUT2D eigenvalue weighted by molar-refractivity contribution is -0.139. The summed E-state index contributed by atoms with van der Waals surface area (Å²) < 4.78 is 0. The van der Waals surface area contributed by atoms with Crippen LogP contribution in [0.2, 0.25) is 5.02 Å². The Bertz CT molecular complexity index is 412. The van der Waals surface area contributed by atoms with E-state index in [1.165, 1.54) is 0 Å². The van der Waals surface area contributed by atoms with Gasteiger partial charge < -0.3 is 5.11 Å². The predicted octanol–water partition coefficient (Wildman–Crippen LogP) is 3.16. The minimum absolute atomic E-state index is 0.0914. The fraction of sp³-hybridized carbons (Fsp3) is 0.417. The second-order valence-electron chi connectivity index (χ2n) is 4.67. The Morgan fingerprint density at radius 3 is 2.60 bits per heavy atom. The SMILES string of the molecule is CC1(C)C(C(=O)O)C1c1cccc(Cl)c1. The topological polar surface area (TPSA) is 37.3 Å². The molecule has 1 N–H and O–H groups in total. The monoisotopic (exact) mass is 224 g/mol. The zero-order chi connectivity index (χ0) is 11.2. The lowest BCUT2D eigenvalue weighted by atomic mass is 10.0. The zero-order valence-corrected chi connectivity index (χ0v) is 9.45. The van der Waals surface area contributed by atoms with E-state index in [0.29, 0.717) is 5.02 Å². The van der Waals surface area contributed by atoms with E-state index in [1.54, 1.807) is 6.07 Å². The van der Waals surface area contributed by atoms with Crippen molar-refractivity contribution in [1.82, 2.24) is 0 Å². The van der Waals surface area contributed by atoms with Gasteiger partial charge in [-0.25, -0.2) is 0 Å². The smallest absolute Gasteiger partial charge is 0.307 e. The van der Waals surface area contributed by atoms with Gasteiger partial charge in [0.15, 0.2) is 0 Å². The summed E-state index contributed by atoms with van der Waals surface area (Å²) >= 11 is 5.89. The van der Waals surface area contributed by atoms with Crippen molar-refractivity contribution in [1.29, 1.82) is 0 Å². The van der Waals surface area contributed by atoms with E-state index in [9.17, 15) is 4.79 Å². The van der Waals surface area contributed by atoms with E-state index in [-0.39, 0.29) is 17.3 Å². The van der Waals surface area contributed by atoms with E-state index in [2.05, 4.69) is 0 Å². The number of carboxylic acids is 1. The summed E-state index contributed by atoms with van der Waals surface area (Å²) in [4.78, 5) is 11.0. The lowest BCUT2D eigenvalue weighted by Gasteiger charge is -2.02. The average Bonchev–Trinajstić information content (AvgIpc) is 2.69.